The highest BCUT2D eigenvalue weighted by molar-refractivity contribution is 5.79. The molecule has 24 heavy (non-hydrogen) atoms. The quantitative estimate of drug-likeness (QED) is 0.349. The van der Waals surface area contributed by atoms with Gasteiger partial charge in [-0.3, -0.25) is 0 Å². The normalized spacial score (nSPS) is 11.4. The summed E-state index contributed by atoms with van der Waals surface area (Å²) in [7, 11) is 1.65. The van der Waals surface area contributed by atoms with E-state index in [1.165, 1.54) is 19.3 Å². The van der Waals surface area contributed by atoms with Crippen LogP contribution in [0.4, 0.5) is 0 Å². The molecule has 1 rings (SSSR count). The van der Waals surface area contributed by atoms with E-state index in [1.54, 1.807) is 13.3 Å². The molecule has 0 unspecified atom stereocenters. The average molecular weight is 336 g/mol. The van der Waals surface area contributed by atoms with Gasteiger partial charge in [0.25, 0.3) is 0 Å². The monoisotopic (exact) mass is 336 g/mol. The summed E-state index contributed by atoms with van der Waals surface area (Å²) in [4.78, 5) is 8.92. The molecule has 0 bridgehead atoms. The SMILES string of the molecule is CCCCCCNC(=NCc1cccnc1OCCOC)NCC. The van der Waals surface area contributed by atoms with Crippen molar-refractivity contribution in [3.63, 3.8) is 0 Å². The van der Waals surface area contributed by atoms with Gasteiger partial charge in [0, 0.05) is 32.0 Å². The van der Waals surface area contributed by atoms with E-state index < -0.39 is 0 Å². The third-order valence-electron chi connectivity index (χ3n) is 3.45. The van der Waals surface area contributed by atoms with Crippen molar-refractivity contribution in [1.82, 2.24) is 15.6 Å². The summed E-state index contributed by atoms with van der Waals surface area (Å²) in [5.74, 6) is 1.46. The molecule has 2 N–H and O–H groups in total. The summed E-state index contributed by atoms with van der Waals surface area (Å²) < 4.78 is 10.7. The van der Waals surface area contributed by atoms with Crippen LogP contribution in [0.2, 0.25) is 0 Å². The number of pyridine rings is 1. The molecule has 0 radical (unpaired) electrons. The standard InChI is InChI=1S/C18H32N4O2/c1-4-6-7-8-11-21-18(19-5-2)22-15-16-10-9-12-20-17(16)24-14-13-23-3/h9-10,12H,4-8,11,13-15H2,1-3H3,(H2,19,21,22). The molecule has 0 amide bonds. The second-order valence-electron chi connectivity index (χ2n) is 5.49. The molecule has 136 valence electrons. The number of nitrogens with one attached hydrogen (secondary N) is 2. The van der Waals surface area contributed by atoms with Crippen molar-refractivity contribution in [3.8, 4) is 5.88 Å². The maximum atomic E-state index is 5.65. The van der Waals surface area contributed by atoms with Crippen molar-refractivity contribution >= 4 is 5.96 Å². The van der Waals surface area contributed by atoms with Crippen molar-refractivity contribution in [2.24, 2.45) is 4.99 Å². The van der Waals surface area contributed by atoms with Gasteiger partial charge in [-0.15, -0.1) is 0 Å². The van der Waals surface area contributed by atoms with Crippen molar-refractivity contribution < 1.29 is 9.47 Å². The van der Waals surface area contributed by atoms with Gasteiger partial charge in [0.15, 0.2) is 5.96 Å². The van der Waals surface area contributed by atoms with Gasteiger partial charge < -0.3 is 20.1 Å². The largest absolute Gasteiger partial charge is 0.475 e. The van der Waals surface area contributed by atoms with E-state index in [2.05, 4.69) is 34.5 Å². The number of aromatic nitrogens is 1. The second-order valence-corrected chi connectivity index (χ2v) is 5.49. The Bertz CT molecular complexity index is 466. The summed E-state index contributed by atoms with van der Waals surface area (Å²) in [5.41, 5.74) is 0.969. The van der Waals surface area contributed by atoms with Crippen LogP contribution in [0.1, 0.15) is 45.1 Å². The molecule has 1 heterocycles. The fraction of sp³-hybridized carbons (Fsp3) is 0.667. The lowest BCUT2D eigenvalue weighted by atomic mass is 10.2. The maximum absolute atomic E-state index is 5.65. The highest BCUT2D eigenvalue weighted by Gasteiger charge is 2.05. The molecular formula is C18H32N4O2. The molecular weight excluding hydrogens is 304 g/mol. The Morgan fingerprint density at radius 2 is 2.04 bits per heavy atom. The summed E-state index contributed by atoms with van der Waals surface area (Å²) >= 11 is 0. The molecule has 0 aromatic carbocycles. The Hall–Kier alpha value is -1.82. The molecule has 1 aromatic rings. The molecule has 0 aliphatic rings. The van der Waals surface area contributed by atoms with Crippen LogP contribution in [-0.4, -0.2) is 44.4 Å². The van der Waals surface area contributed by atoms with E-state index in [-0.39, 0.29) is 0 Å². The van der Waals surface area contributed by atoms with Crippen LogP contribution < -0.4 is 15.4 Å². The first-order valence-electron chi connectivity index (χ1n) is 8.89. The summed E-state index contributed by atoms with van der Waals surface area (Å²) in [6, 6.07) is 3.89. The van der Waals surface area contributed by atoms with E-state index >= 15 is 0 Å². The first kappa shape index (κ1) is 20.2. The zero-order valence-corrected chi connectivity index (χ0v) is 15.3. The predicted molar refractivity (Wildman–Crippen MR) is 98.6 cm³/mol. The number of rotatable bonds is 12. The fourth-order valence-electron chi connectivity index (χ4n) is 2.16. The highest BCUT2D eigenvalue weighted by Crippen LogP contribution is 2.15. The van der Waals surface area contributed by atoms with Crippen molar-refractivity contribution in [2.75, 3.05) is 33.4 Å². The number of ether oxygens (including phenoxy) is 2. The van der Waals surface area contributed by atoms with Crippen LogP contribution >= 0.6 is 0 Å². The van der Waals surface area contributed by atoms with Crippen molar-refractivity contribution in [2.45, 2.75) is 46.1 Å². The molecule has 0 saturated carbocycles. The van der Waals surface area contributed by atoms with E-state index in [1.807, 2.05) is 12.1 Å². The molecule has 1 aromatic heterocycles. The Kier molecular flexibility index (Phi) is 11.5. The minimum atomic E-state index is 0.486. The lowest BCUT2D eigenvalue weighted by molar-refractivity contribution is 0.143. The number of unbranched alkanes of at least 4 members (excludes halogenated alkanes) is 3. The molecule has 0 aliphatic carbocycles. The molecule has 0 saturated heterocycles. The third kappa shape index (κ3) is 8.72. The zero-order valence-electron chi connectivity index (χ0n) is 15.3. The first-order chi connectivity index (χ1) is 11.8. The fourth-order valence-corrected chi connectivity index (χ4v) is 2.16. The van der Waals surface area contributed by atoms with Gasteiger partial charge in [-0.2, -0.15) is 0 Å². The molecule has 0 spiro atoms. The van der Waals surface area contributed by atoms with Crippen molar-refractivity contribution in [1.29, 1.82) is 0 Å². The number of nitrogens with zero attached hydrogens (tertiary/aromatic N) is 2. The van der Waals surface area contributed by atoms with Gasteiger partial charge in [-0.05, 0) is 19.4 Å². The third-order valence-corrected chi connectivity index (χ3v) is 3.45. The summed E-state index contributed by atoms with van der Waals surface area (Å²) in [5, 5.41) is 6.65. The number of aliphatic imine (C=N–C) groups is 1. The second kappa shape index (κ2) is 13.6. The van der Waals surface area contributed by atoms with Gasteiger partial charge >= 0.3 is 0 Å². The number of hydrogen-bond donors (Lipinski definition) is 2. The Morgan fingerprint density at radius 1 is 1.17 bits per heavy atom. The highest BCUT2D eigenvalue weighted by atomic mass is 16.5. The number of hydrogen-bond acceptors (Lipinski definition) is 4. The maximum Gasteiger partial charge on any atom is 0.218 e. The Labute approximate surface area is 146 Å². The minimum absolute atomic E-state index is 0.486. The summed E-state index contributed by atoms with van der Waals surface area (Å²) in [6.45, 7) is 7.62. The molecule has 0 fully saturated rings. The average Bonchev–Trinajstić information content (AvgIpc) is 2.60. The van der Waals surface area contributed by atoms with Crippen LogP contribution in [0.3, 0.4) is 0 Å². The van der Waals surface area contributed by atoms with Crippen LogP contribution in [0.15, 0.2) is 23.3 Å². The van der Waals surface area contributed by atoms with Gasteiger partial charge in [0.1, 0.15) is 6.61 Å². The predicted octanol–water partition coefficient (Wildman–Crippen LogP) is 2.74. The van der Waals surface area contributed by atoms with Crippen LogP contribution in [0.25, 0.3) is 0 Å². The van der Waals surface area contributed by atoms with E-state index in [4.69, 9.17) is 9.47 Å². The summed E-state index contributed by atoms with van der Waals surface area (Å²) in [6.07, 6.45) is 6.68. The van der Waals surface area contributed by atoms with Gasteiger partial charge in [-0.1, -0.05) is 32.3 Å². The van der Waals surface area contributed by atoms with E-state index in [0.717, 1.165) is 31.0 Å². The van der Waals surface area contributed by atoms with Crippen LogP contribution in [0.5, 0.6) is 5.88 Å². The zero-order chi connectivity index (χ0) is 17.5. The first-order valence-corrected chi connectivity index (χ1v) is 8.89. The minimum Gasteiger partial charge on any atom is -0.475 e. The smallest absolute Gasteiger partial charge is 0.218 e. The Balaban J connectivity index is 2.55. The Morgan fingerprint density at radius 3 is 2.79 bits per heavy atom. The molecule has 6 nitrogen and oxygen atoms in total. The van der Waals surface area contributed by atoms with Gasteiger partial charge in [0.05, 0.1) is 13.2 Å². The molecule has 0 aliphatic heterocycles. The lowest BCUT2D eigenvalue weighted by Crippen LogP contribution is -2.37. The van der Waals surface area contributed by atoms with Crippen LogP contribution in [0, 0.1) is 0 Å². The number of guanidine groups is 1. The van der Waals surface area contributed by atoms with E-state index in [0.29, 0.717) is 25.6 Å². The van der Waals surface area contributed by atoms with E-state index in [9.17, 15) is 0 Å². The van der Waals surface area contributed by atoms with Crippen LogP contribution in [-0.2, 0) is 11.3 Å². The molecule has 6 heteroatoms. The van der Waals surface area contributed by atoms with Gasteiger partial charge in [-0.25, -0.2) is 9.98 Å². The van der Waals surface area contributed by atoms with Crippen molar-refractivity contribution in [3.05, 3.63) is 23.9 Å². The molecule has 0 atom stereocenters. The number of methoxy groups -OCH3 is 1. The lowest BCUT2D eigenvalue weighted by Gasteiger charge is -2.12. The topological polar surface area (TPSA) is 67.8 Å². The van der Waals surface area contributed by atoms with Gasteiger partial charge in [0.2, 0.25) is 5.88 Å².